The first kappa shape index (κ1) is 10.6. The molecule has 0 aromatic carbocycles. The van der Waals surface area contributed by atoms with Gasteiger partial charge in [-0.05, 0) is 6.92 Å². The van der Waals surface area contributed by atoms with Crippen LogP contribution < -0.4 is 0 Å². The minimum atomic E-state index is -0.486. The normalized spacial score (nSPS) is 24.1. The van der Waals surface area contributed by atoms with E-state index in [-0.39, 0.29) is 5.78 Å². The summed E-state index contributed by atoms with van der Waals surface area (Å²) in [6.07, 6.45) is 1.42. The topological polar surface area (TPSA) is 88.2 Å². The Kier molecular flexibility index (Phi) is 2.59. The van der Waals surface area contributed by atoms with Gasteiger partial charge < -0.3 is 4.74 Å². The van der Waals surface area contributed by atoms with E-state index in [0.29, 0.717) is 12.1 Å². The Morgan fingerprint density at radius 1 is 1.69 bits per heavy atom. The molecule has 0 saturated carbocycles. The van der Waals surface area contributed by atoms with Crippen molar-refractivity contribution in [2.75, 3.05) is 7.11 Å². The molecule has 2 heterocycles. The standard InChI is InChI=1S/C9H12N4O3/c1-5-8(14)7(13(5)9(15)16-2)3-6-4-10-12-11-6/h4-5,7H,3H2,1-2H3,(H,10,11,12)/t5?,7-/m0/s1. The van der Waals surface area contributed by atoms with Crippen molar-refractivity contribution in [2.45, 2.75) is 25.4 Å². The number of carbonyl (C=O) groups is 2. The third-order valence-electron chi connectivity index (χ3n) is 2.75. The smallest absolute Gasteiger partial charge is 0.410 e. The summed E-state index contributed by atoms with van der Waals surface area (Å²) in [7, 11) is 1.30. The van der Waals surface area contributed by atoms with Gasteiger partial charge in [0.2, 0.25) is 0 Å². The van der Waals surface area contributed by atoms with E-state index >= 15 is 0 Å². The van der Waals surface area contributed by atoms with Gasteiger partial charge >= 0.3 is 6.09 Å². The summed E-state index contributed by atoms with van der Waals surface area (Å²) in [6.45, 7) is 1.68. The van der Waals surface area contributed by atoms with Crippen molar-refractivity contribution in [3.05, 3.63) is 11.9 Å². The largest absolute Gasteiger partial charge is 0.453 e. The third kappa shape index (κ3) is 1.54. The fourth-order valence-corrected chi connectivity index (χ4v) is 1.85. The van der Waals surface area contributed by atoms with Crippen molar-refractivity contribution in [3.63, 3.8) is 0 Å². The van der Waals surface area contributed by atoms with Crippen LogP contribution in [0.3, 0.4) is 0 Å². The number of carbonyl (C=O) groups excluding carboxylic acids is 2. The van der Waals surface area contributed by atoms with Gasteiger partial charge in [0.15, 0.2) is 5.78 Å². The van der Waals surface area contributed by atoms with Crippen LogP contribution in [0, 0.1) is 0 Å². The third-order valence-corrected chi connectivity index (χ3v) is 2.75. The molecule has 16 heavy (non-hydrogen) atoms. The maximum absolute atomic E-state index is 11.6. The molecule has 1 unspecified atom stereocenters. The summed E-state index contributed by atoms with van der Waals surface area (Å²) < 4.78 is 4.61. The average molecular weight is 224 g/mol. The van der Waals surface area contributed by atoms with Crippen molar-refractivity contribution in [2.24, 2.45) is 0 Å². The second-order valence-corrected chi connectivity index (χ2v) is 3.64. The monoisotopic (exact) mass is 224 g/mol. The minimum absolute atomic E-state index is 0.0217. The van der Waals surface area contributed by atoms with Crippen LogP contribution in [0.1, 0.15) is 12.6 Å². The number of amides is 1. The molecule has 1 N–H and O–H groups in total. The van der Waals surface area contributed by atoms with Gasteiger partial charge in [-0.3, -0.25) is 9.69 Å². The Morgan fingerprint density at radius 2 is 2.44 bits per heavy atom. The molecule has 0 bridgehead atoms. The van der Waals surface area contributed by atoms with Crippen molar-refractivity contribution < 1.29 is 14.3 Å². The van der Waals surface area contributed by atoms with E-state index in [1.165, 1.54) is 18.2 Å². The summed E-state index contributed by atoms with van der Waals surface area (Å²) >= 11 is 0. The van der Waals surface area contributed by atoms with Crippen LogP contribution in [-0.4, -0.2) is 51.4 Å². The number of Topliss-reactive ketones (excluding diaryl/α,β-unsaturated/α-hetero) is 1. The second kappa shape index (κ2) is 3.92. The molecule has 7 nitrogen and oxygen atoms in total. The van der Waals surface area contributed by atoms with Gasteiger partial charge in [-0.25, -0.2) is 4.79 Å². The second-order valence-electron chi connectivity index (χ2n) is 3.64. The zero-order chi connectivity index (χ0) is 11.7. The highest BCUT2D eigenvalue weighted by Gasteiger charge is 2.48. The molecule has 7 heteroatoms. The number of ketones is 1. The molecular formula is C9H12N4O3. The van der Waals surface area contributed by atoms with Crippen molar-refractivity contribution in [3.8, 4) is 0 Å². The lowest BCUT2D eigenvalue weighted by atomic mass is 9.89. The molecule has 0 radical (unpaired) electrons. The van der Waals surface area contributed by atoms with Crippen LogP contribution in [0.15, 0.2) is 6.20 Å². The molecule has 0 aliphatic carbocycles. The maximum atomic E-state index is 11.6. The predicted octanol–water partition coefficient (Wildman–Crippen LogP) is -0.245. The highest BCUT2D eigenvalue weighted by atomic mass is 16.5. The number of hydrogen-bond acceptors (Lipinski definition) is 5. The zero-order valence-corrected chi connectivity index (χ0v) is 9.01. The first-order valence-corrected chi connectivity index (χ1v) is 4.89. The van der Waals surface area contributed by atoms with Gasteiger partial charge in [0.25, 0.3) is 0 Å². The molecule has 1 amide bonds. The number of aromatic nitrogens is 3. The van der Waals surface area contributed by atoms with E-state index in [1.807, 2.05) is 0 Å². The molecule has 86 valence electrons. The molecule has 1 aromatic heterocycles. The summed E-state index contributed by atoms with van der Waals surface area (Å²) in [5, 5.41) is 9.96. The Labute approximate surface area is 91.8 Å². The predicted molar refractivity (Wildman–Crippen MR) is 52.6 cm³/mol. The number of likely N-dealkylation sites (tertiary alicyclic amines) is 1. The van der Waals surface area contributed by atoms with Gasteiger partial charge in [0.1, 0.15) is 6.04 Å². The number of nitrogens with zero attached hydrogens (tertiary/aromatic N) is 3. The van der Waals surface area contributed by atoms with E-state index in [9.17, 15) is 9.59 Å². The van der Waals surface area contributed by atoms with Gasteiger partial charge in [-0.1, -0.05) is 0 Å². The van der Waals surface area contributed by atoms with E-state index in [1.54, 1.807) is 6.92 Å². The van der Waals surface area contributed by atoms with Crippen LogP contribution in [0.4, 0.5) is 4.79 Å². The fourth-order valence-electron chi connectivity index (χ4n) is 1.85. The number of methoxy groups -OCH3 is 1. The van der Waals surface area contributed by atoms with Gasteiger partial charge in [-0.2, -0.15) is 15.4 Å². The molecule has 1 fully saturated rings. The Hall–Kier alpha value is -1.92. The highest BCUT2D eigenvalue weighted by molar-refractivity contribution is 6.00. The number of aromatic amines is 1. The summed E-state index contributed by atoms with van der Waals surface area (Å²) in [5.41, 5.74) is 0.652. The summed E-state index contributed by atoms with van der Waals surface area (Å²) in [6, 6.07) is -0.892. The molecule has 2 atom stereocenters. The van der Waals surface area contributed by atoms with Crippen molar-refractivity contribution in [1.29, 1.82) is 0 Å². The van der Waals surface area contributed by atoms with Crippen LogP contribution >= 0.6 is 0 Å². The highest BCUT2D eigenvalue weighted by Crippen LogP contribution is 2.24. The van der Waals surface area contributed by atoms with Crippen LogP contribution in [0.2, 0.25) is 0 Å². The molecule has 1 aromatic rings. The number of rotatable bonds is 2. The first-order chi connectivity index (χ1) is 7.65. The first-order valence-electron chi connectivity index (χ1n) is 4.89. The number of nitrogens with one attached hydrogen (secondary N) is 1. The molecule has 1 saturated heterocycles. The Bertz CT molecular complexity index is 403. The van der Waals surface area contributed by atoms with E-state index in [0.717, 1.165) is 0 Å². The molecule has 1 aliphatic heterocycles. The Balaban J connectivity index is 2.08. The fraction of sp³-hybridized carbons (Fsp3) is 0.556. The lowest BCUT2D eigenvalue weighted by Crippen LogP contribution is -2.66. The van der Waals surface area contributed by atoms with Crippen LogP contribution in [0.25, 0.3) is 0 Å². The van der Waals surface area contributed by atoms with Gasteiger partial charge in [0, 0.05) is 6.42 Å². The summed E-state index contributed by atoms with van der Waals surface area (Å²) in [4.78, 5) is 24.4. The lowest BCUT2D eigenvalue weighted by Gasteiger charge is -2.43. The van der Waals surface area contributed by atoms with E-state index < -0.39 is 18.2 Å². The van der Waals surface area contributed by atoms with E-state index in [2.05, 4.69) is 20.1 Å². The molecule has 0 spiro atoms. The number of hydrogen-bond donors (Lipinski definition) is 1. The molecular weight excluding hydrogens is 212 g/mol. The van der Waals surface area contributed by atoms with Gasteiger partial charge in [0.05, 0.1) is 25.0 Å². The number of H-pyrrole nitrogens is 1. The molecule has 2 rings (SSSR count). The summed E-state index contributed by atoms with van der Waals surface area (Å²) in [5.74, 6) is 0.0217. The average Bonchev–Trinajstić information content (AvgIpc) is 2.80. The lowest BCUT2D eigenvalue weighted by molar-refractivity contribution is -0.141. The van der Waals surface area contributed by atoms with Crippen molar-refractivity contribution >= 4 is 11.9 Å². The van der Waals surface area contributed by atoms with Crippen LogP contribution in [0.5, 0.6) is 0 Å². The number of ether oxygens (including phenoxy) is 1. The zero-order valence-electron chi connectivity index (χ0n) is 9.01. The van der Waals surface area contributed by atoms with Crippen molar-refractivity contribution in [1.82, 2.24) is 20.3 Å². The quantitative estimate of drug-likeness (QED) is 0.748. The minimum Gasteiger partial charge on any atom is -0.453 e. The van der Waals surface area contributed by atoms with Gasteiger partial charge in [-0.15, -0.1) is 0 Å². The van der Waals surface area contributed by atoms with Crippen LogP contribution in [-0.2, 0) is 16.0 Å². The Morgan fingerprint density at radius 3 is 3.00 bits per heavy atom. The van der Waals surface area contributed by atoms with E-state index in [4.69, 9.17) is 0 Å². The molecule has 1 aliphatic rings. The SMILES string of the molecule is COC(=O)N1C(C)C(=O)[C@@H]1Cc1cn[nH]n1. The maximum Gasteiger partial charge on any atom is 0.410 e.